The zero-order chi connectivity index (χ0) is 14.8. The van der Waals surface area contributed by atoms with Crippen LogP contribution in [0.4, 0.5) is 4.39 Å². The number of carbonyl (C=O) groups is 1. The lowest BCUT2D eigenvalue weighted by Crippen LogP contribution is -2.06. The van der Waals surface area contributed by atoms with Gasteiger partial charge in [0.25, 0.3) is 0 Å². The molecule has 106 valence electrons. The minimum atomic E-state index is -0.558. The Morgan fingerprint density at radius 2 is 2.00 bits per heavy atom. The maximum Gasteiger partial charge on any atom is 0.338 e. The van der Waals surface area contributed by atoms with Gasteiger partial charge in [0.1, 0.15) is 23.5 Å². The molecule has 0 unspecified atom stereocenters. The molecule has 0 aliphatic carbocycles. The van der Waals surface area contributed by atoms with Crippen molar-refractivity contribution in [2.24, 2.45) is 0 Å². The van der Waals surface area contributed by atoms with Crippen LogP contribution in [-0.2, 0) is 11.3 Å². The Kier molecular flexibility index (Phi) is 3.35. The van der Waals surface area contributed by atoms with Crippen LogP contribution in [0, 0.1) is 12.7 Å². The van der Waals surface area contributed by atoms with Gasteiger partial charge in [0.05, 0.1) is 5.56 Å². The number of fused-ring (bicyclic) bond motifs is 1. The van der Waals surface area contributed by atoms with Crippen LogP contribution in [0.25, 0.3) is 11.0 Å². The van der Waals surface area contributed by atoms with Gasteiger partial charge < -0.3 is 4.74 Å². The number of rotatable bonds is 3. The number of ether oxygens (including phenoxy) is 1. The molecule has 0 radical (unpaired) electrons. The molecule has 0 spiro atoms. The van der Waals surface area contributed by atoms with Gasteiger partial charge in [0.2, 0.25) is 0 Å². The number of benzene rings is 2. The van der Waals surface area contributed by atoms with E-state index < -0.39 is 11.8 Å². The molecule has 0 aliphatic heterocycles. The molecule has 1 N–H and O–H groups in total. The number of nitrogens with zero attached hydrogens (tertiary/aromatic N) is 2. The van der Waals surface area contributed by atoms with Crippen molar-refractivity contribution in [3.05, 3.63) is 58.9 Å². The van der Waals surface area contributed by atoms with Crippen molar-refractivity contribution < 1.29 is 13.9 Å². The lowest BCUT2D eigenvalue weighted by atomic mass is 10.1. The predicted octanol–water partition coefficient (Wildman–Crippen LogP) is 2.76. The van der Waals surface area contributed by atoms with E-state index in [-0.39, 0.29) is 12.2 Å². The third-order valence-electron chi connectivity index (χ3n) is 3.03. The SMILES string of the molecule is Cc1cc(F)cc(C(=O)OCc2ccc3n[nH]nc3c2)c1. The summed E-state index contributed by atoms with van der Waals surface area (Å²) in [7, 11) is 0. The number of H-pyrrole nitrogens is 1. The number of hydrogen-bond donors (Lipinski definition) is 1. The van der Waals surface area contributed by atoms with Crippen molar-refractivity contribution in [1.29, 1.82) is 0 Å². The average Bonchev–Trinajstić information content (AvgIpc) is 2.91. The summed E-state index contributed by atoms with van der Waals surface area (Å²) in [5, 5.41) is 10.4. The van der Waals surface area contributed by atoms with Crippen molar-refractivity contribution in [2.45, 2.75) is 13.5 Å². The molecule has 3 aromatic rings. The van der Waals surface area contributed by atoms with Crippen LogP contribution in [0.15, 0.2) is 36.4 Å². The highest BCUT2D eigenvalue weighted by molar-refractivity contribution is 5.89. The van der Waals surface area contributed by atoms with Gasteiger partial charge in [-0.15, -0.1) is 0 Å². The topological polar surface area (TPSA) is 67.9 Å². The standard InChI is InChI=1S/C15H12FN3O2/c1-9-4-11(7-12(16)5-9)15(20)21-8-10-2-3-13-14(6-10)18-19-17-13/h2-7H,8H2,1H3,(H,17,18,19). The number of hydrogen-bond acceptors (Lipinski definition) is 4. The van der Waals surface area contributed by atoms with Gasteiger partial charge in [-0.05, 0) is 48.4 Å². The highest BCUT2D eigenvalue weighted by Crippen LogP contribution is 2.14. The number of aromatic amines is 1. The Morgan fingerprint density at radius 1 is 1.19 bits per heavy atom. The normalized spacial score (nSPS) is 10.8. The maximum atomic E-state index is 13.3. The Morgan fingerprint density at radius 3 is 2.81 bits per heavy atom. The molecule has 0 aliphatic rings. The van der Waals surface area contributed by atoms with Crippen molar-refractivity contribution in [3.8, 4) is 0 Å². The van der Waals surface area contributed by atoms with E-state index in [9.17, 15) is 9.18 Å². The number of aryl methyl sites for hydroxylation is 1. The smallest absolute Gasteiger partial charge is 0.338 e. The van der Waals surface area contributed by atoms with E-state index in [4.69, 9.17) is 4.74 Å². The summed E-state index contributed by atoms with van der Waals surface area (Å²) >= 11 is 0. The lowest BCUT2D eigenvalue weighted by Gasteiger charge is -2.06. The van der Waals surface area contributed by atoms with Crippen molar-refractivity contribution in [2.75, 3.05) is 0 Å². The Balaban J connectivity index is 1.72. The highest BCUT2D eigenvalue weighted by atomic mass is 19.1. The van der Waals surface area contributed by atoms with Crippen molar-refractivity contribution in [1.82, 2.24) is 15.4 Å². The largest absolute Gasteiger partial charge is 0.457 e. The molecule has 0 bridgehead atoms. The van der Waals surface area contributed by atoms with E-state index in [1.165, 1.54) is 6.07 Å². The van der Waals surface area contributed by atoms with Crippen LogP contribution in [0.2, 0.25) is 0 Å². The fraction of sp³-hybridized carbons (Fsp3) is 0.133. The van der Waals surface area contributed by atoms with Crippen LogP contribution in [0.5, 0.6) is 0 Å². The van der Waals surface area contributed by atoms with E-state index in [0.29, 0.717) is 11.1 Å². The highest BCUT2D eigenvalue weighted by Gasteiger charge is 2.10. The molecule has 2 aromatic carbocycles. The first-order chi connectivity index (χ1) is 10.1. The van der Waals surface area contributed by atoms with Crippen LogP contribution >= 0.6 is 0 Å². The minimum Gasteiger partial charge on any atom is -0.457 e. The average molecular weight is 285 g/mol. The van der Waals surface area contributed by atoms with Gasteiger partial charge in [-0.2, -0.15) is 15.4 Å². The second-order valence-corrected chi connectivity index (χ2v) is 4.74. The van der Waals surface area contributed by atoms with Gasteiger partial charge in [-0.1, -0.05) is 6.07 Å². The van der Waals surface area contributed by atoms with Gasteiger partial charge in [0.15, 0.2) is 0 Å². The lowest BCUT2D eigenvalue weighted by molar-refractivity contribution is 0.0472. The second-order valence-electron chi connectivity index (χ2n) is 4.74. The third kappa shape index (κ3) is 2.89. The molecule has 0 amide bonds. The summed E-state index contributed by atoms with van der Waals surface area (Å²) in [5.74, 6) is -1.01. The summed E-state index contributed by atoms with van der Waals surface area (Å²) in [4.78, 5) is 11.9. The van der Waals surface area contributed by atoms with Gasteiger partial charge in [0, 0.05) is 0 Å². The van der Waals surface area contributed by atoms with Gasteiger partial charge in [-0.3, -0.25) is 0 Å². The number of aromatic nitrogens is 3. The number of nitrogens with one attached hydrogen (secondary N) is 1. The minimum absolute atomic E-state index is 0.0944. The monoisotopic (exact) mass is 285 g/mol. The van der Waals surface area contributed by atoms with E-state index in [1.54, 1.807) is 31.2 Å². The molecule has 5 nitrogen and oxygen atoms in total. The fourth-order valence-electron chi connectivity index (χ4n) is 2.06. The zero-order valence-electron chi connectivity index (χ0n) is 11.3. The van der Waals surface area contributed by atoms with Gasteiger partial charge >= 0.3 is 5.97 Å². The molecule has 21 heavy (non-hydrogen) atoms. The quantitative estimate of drug-likeness (QED) is 0.751. The molecule has 1 heterocycles. The molecule has 3 rings (SSSR count). The van der Waals surface area contributed by atoms with Gasteiger partial charge in [-0.25, -0.2) is 9.18 Å². The predicted molar refractivity (Wildman–Crippen MR) is 74.1 cm³/mol. The van der Waals surface area contributed by atoms with Crippen LogP contribution in [0.1, 0.15) is 21.5 Å². The van der Waals surface area contributed by atoms with Crippen LogP contribution in [-0.4, -0.2) is 21.4 Å². The third-order valence-corrected chi connectivity index (χ3v) is 3.03. The fourth-order valence-corrected chi connectivity index (χ4v) is 2.06. The molecular formula is C15H12FN3O2. The number of halogens is 1. The molecule has 0 atom stereocenters. The summed E-state index contributed by atoms with van der Waals surface area (Å²) < 4.78 is 18.4. The molecule has 0 saturated heterocycles. The van der Waals surface area contributed by atoms with Crippen LogP contribution in [0.3, 0.4) is 0 Å². The summed E-state index contributed by atoms with van der Waals surface area (Å²) in [6.07, 6.45) is 0. The summed E-state index contributed by atoms with van der Waals surface area (Å²) in [5.41, 5.74) is 3.11. The summed E-state index contributed by atoms with van der Waals surface area (Å²) in [6.45, 7) is 1.82. The molecule has 0 saturated carbocycles. The summed E-state index contributed by atoms with van der Waals surface area (Å²) in [6, 6.07) is 9.48. The van der Waals surface area contributed by atoms with E-state index in [2.05, 4.69) is 15.4 Å². The van der Waals surface area contributed by atoms with E-state index >= 15 is 0 Å². The van der Waals surface area contributed by atoms with Crippen LogP contribution < -0.4 is 0 Å². The number of esters is 1. The second kappa shape index (κ2) is 5.32. The Bertz CT molecular complexity index is 793. The van der Waals surface area contributed by atoms with E-state index in [1.807, 2.05) is 0 Å². The Labute approximate surface area is 119 Å². The molecule has 6 heteroatoms. The molecule has 0 fully saturated rings. The maximum absolute atomic E-state index is 13.3. The van der Waals surface area contributed by atoms with E-state index in [0.717, 1.165) is 17.1 Å². The molecular weight excluding hydrogens is 273 g/mol. The first-order valence-corrected chi connectivity index (χ1v) is 6.35. The zero-order valence-corrected chi connectivity index (χ0v) is 11.3. The van der Waals surface area contributed by atoms with Crippen molar-refractivity contribution >= 4 is 17.0 Å². The molecule has 1 aromatic heterocycles. The first kappa shape index (κ1) is 13.2. The first-order valence-electron chi connectivity index (χ1n) is 6.35. The Hall–Kier alpha value is -2.76. The van der Waals surface area contributed by atoms with Crippen molar-refractivity contribution in [3.63, 3.8) is 0 Å². The number of carbonyl (C=O) groups excluding carboxylic acids is 1.